The zero-order chi connectivity index (χ0) is 19.0. The molecule has 0 aromatic carbocycles. The third kappa shape index (κ3) is 3.39. The Hall–Kier alpha value is -2.54. The SMILES string of the molecule is Cc1ncsc1C(=O)N1CCC(c2cc(-c3c(C)noc3C)ccn2)CC1. The maximum Gasteiger partial charge on any atom is 0.265 e. The molecule has 1 saturated heterocycles. The number of aryl methyl sites for hydroxylation is 3. The van der Waals surface area contributed by atoms with Gasteiger partial charge in [-0.15, -0.1) is 11.3 Å². The standard InChI is InChI=1S/C20H22N4O2S/c1-12-18(14(3)26-23-12)16-4-7-21-17(10-16)15-5-8-24(9-6-15)20(25)19-13(2)22-11-27-19/h4,7,10-11,15H,5-6,8-9H2,1-3H3. The van der Waals surface area contributed by atoms with Crippen molar-refractivity contribution in [3.63, 3.8) is 0 Å². The second kappa shape index (κ2) is 7.23. The lowest BCUT2D eigenvalue weighted by Crippen LogP contribution is -2.38. The summed E-state index contributed by atoms with van der Waals surface area (Å²) in [6, 6.07) is 4.14. The Morgan fingerprint density at radius 1 is 1.19 bits per heavy atom. The molecule has 4 heterocycles. The van der Waals surface area contributed by atoms with Gasteiger partial charge in [0.1, 0.15) is 10.6 Å². The number of pyridine rings is 1. The summed E-state index contributed by atoms with van der Waals surface area (Å²) in [5.74, 6) is 1.29. The third-order valence-corrected chi connectivity index (χ3v) is 6.16. The first kappa shape index (κ1) is 17.9. The van der Waals surface area contributed by atoms with Crippen LogP contribution in [0, 0.1) is 20.8 Å². The van der Waals surface area contributed by atoms with Gasteiger partial charge in [0.2, 0.25) is 0 Å². The predicted molar refractivity (Wildman–Crippen MR) is 104 cm³/mol. The van der Waals surface area contributed by atoms with Crippen LogP contribution in [0.3, 0.4) is 0 Å². The minimum atomic E-state index is 0.103. The average Bonchev–Trinajstić information content (AvgIpc) is 3.26. The fraction of sp³-hybridized carbons (Fsp3) is 0.400. The zero-order valence-electron chi connectivity index (χ0n) is 15.7. The van der Waals surface area contributed by atoms with Gasteiger partial charge in [0.05, 0.1) is 16.9 Å². The second-order valence-corrected chi connectivity index (χ2v) is 7.86. The maximum atomic E-state index is 12.7. The molecule has 7 heteroatoms. The Kier molecular flexibility index (Phi) is 4.78. The van der Waals surface area contributed by atoms with Crippen LogP contribution in [0.25, 0.3) is 11.1 Å². The van der Waals surface area contributed by atoms with E-state index in [1.807, 2.05) is 37.9 Å². The Labute approximate surface area is 162 Å². The van der Waals surface area contributed by atoms with Crippen LogP contribution in [0.15, 0.2) is 28.4 Å². The highest BCUT2D eigenvalue weighted by Crippen LogP contribution is 2.32. The lowest BCUT2D eigenvalue weighted by Gasteiger charge is -2.31. The first-order valence-electron chi connectivity index (χ1n) is 9.13. The van der Waals surface area contributed by atoms with Crippen LogP contribution in [0.4, 0.5) is 0 Å². The molecule has 6 nitrogen and oxygen atoms in total. The summed E-state index contributed by atoms with van der Waals surface area (Å²) in [5.41, 5.74) is 6.67. The minimum Gasteiger partial charge on any atom is -0.361 e. The summed E-state index contributed by atoms with van der Waals surface area (Å²) in [7, 11) is 0. The van der Waals surface area contributed by atoms with E-state index in [0.717, 1.165) is 64.8 Å². The monoisotopic (exact) mass is 382 g/mol. The van der Waals surface area contributed by atoms with Gasteiger partial charge in [0, 0.05) is 36.5 Å². The molecule has 0 radical (unpaired) electrons. The van der Waals surface area contributed by atoms with Gasteiger partial charge in [-0.3, -0.25) is 9.78 Å². The van der Waals surface area contributed by atoms with E-state index in [-0.39, 0.29) is 5.91 Å². The molecule has 1 aliphatic heterocycles. The van der Waals surface area contributed by atoms with Crippen molar-refractivity contribution in [1.82, 2.24) is 20.0 Å². The average molecular weight is 382 g/mol. The van der Waals surface area contributed by atoms with Gasteiger partial charge in [-0.25, -0.2) is 4.98 Å². The van der Waals surface area contributed by atoms with Crippen LogP contribution in [0.5, 0.6) is 0 Å². The van der Waals surface area contributed by atoms with Crippen LogP contribution >= 0.6 is 11.3 Å². The highest BCUT2D eigenvalue weighted by molar-refractivity contribution is 7.11. The second-order valence-electron chi connectivity index (χ2n) is 7.00. The van der Waals surface area contributed by atoms with Gasteiger partial charge in [-0.1, -0.05) is 5.16 Å². The van der Waals surface area contributed by atoms with Crippen LogP contribution in [0.2, 0.25) is 0 Å². The molecule has 27 heavy (non-hydrogen) atoms. The number of hydrogen-bond donors (Lipinski definition) is 0. The topological polar surface area (TPSA) is 72.1 Å². The molecule has 140 valence electrons. The van der Waals surface area contributed by atoms with E-state index in [1.165, 1.54) is 11.3 Å². The highest BCUT2D eigenvalue weighted by atomic mass is 32.1. The summed E-state index contributed by atoms with van der Waals surface area (Å²) in [6.07, 6.45) is 3.69. The zero-order valence-corrected chi connectivity index (χ0v) is 16.5. The van der Waals surface area contributed by atoms with Gasteiger partial charge in [0.25, 0.3) is 5.91 Å². The number of thiazole rings is 1. The molecule has 1 fully saturated rings. The minimum absolute atomic E-state index is 0.103. The molecule has 0 unspecified atom stereocenters. The molecular weight excluding hydrogens is 360 g/mol. The number of hydrogen-bond acceptors (Lipinski definition) is 6. The first-order chi connectivity index (χ1) is 13.0. The maximum absolute atomic E-state index is 12.7. The summed E-state index contributed by atoms with van der Waals surface area (Å²) >= 11 is 1.42. The van der Waals surface area contributed by atoms with Crippen molar-refractivity contribution in [2.75, 3.05) is 13.1 Å². The Morgan fingerprint density at radius 2 is 1.96 bits per heavy atom. The van der Waals surface area contributed by atoms with E-state index in [4.69, 9.17) is 4.52 Å². The summed E-state index contributed by atoms with van der Waals surface area (Å²) in [5, 5.41) is 4.05. The molecular formula is C20H22N4O2S. The van der Waals surface area contributed by atoms with Gasteiger partial charge >= 0.3 is 0 Å². The number of carbonyl (C=O) groups excluding carboxylic acids is 1. The molecule has 0 saturated carbocycles. The molecule has 0 N–H and O–H groups in total. The molecule has 1 amide bonds. The van der Waals surface area contributed by atoms with Crippen LogP contribution in [-0.4, -0.2) is 39.0 Å². The van der Waals surface area contributed by atoms with Gasteiger partial charge in [0.15, 0.2) is 0 Å². The number of aromatic nitrogens is 3. The quantitative estimate of drug-likeness (QED) is 0.681. The van der Waals surface area contributed by atoms with Crippen LogP contribution in [0.1, 0.15) is 51.3 Å². The molecule has 0 aliphatic carbocycles. The van der Waals surface area contributed by atoms with Gasteiger partial charge in [-0.05, 0) is 51.3 Å². The Balaban J connectivity index is 1.48. The van der Waals surface area contributed by atoms with Crippen molar-refractivity contribution in [2.45, 2.75) is 39.5 Å². The fourth-order valence-electron chi connectivity index (χ4n) is 3.75. The molecule has 0 spiro atoms. The van der Waals surface area contributed by atoms with E-state index in [9.17, 15) is 4.79 Å². The molecule has 3 aromatic rings. The number of nitrogens with zero attached hydrogens (tertiary/aromatic N) is 4. The first-order valence-corrected chi connectivity index (χ1v) is 10.0. The lowest BCUT2D eigenvalue weighted by atomic mass is 9.91. The summed E-state index contributed by atoms with van der Waals surface area (Å²) < 4.78 is 5.30. The smallest absolute Gasteiger partial charge is 0.265 e. The Bertz CT molecular complexity index is 951. The fourth-order valence-corrected chi connectivity index (χ4v) is 4.52. The van der Waals surface area contributed by atoms with E-state index < -0.39 is 0 Å². The summed E-state index contributed by atoms with van der Waals surface area (Å²) in [4.78, 5) is 24.2. The van der Waals surface area contributed by atoms with Gasteiger partial charge in [-0.2, -0.15) is 0 Å². The van der Waals surface area contributed by atoms with Crippen molar-refractivity contribution < 1.29 is 9.32 Å². The van der Waals surface area contributed by atoms with Crippen molar-refractivity contribution in [1.29, 1.82) is 0 Å². The van der Waals surface area contributed by atoms with Crippen LogP contribution in [-0.2, 0) is 0 Å². The van der Waals surface area contributed by atoms with Crippen LogP contribution < -0.4 is 0 Å². The largest absolute Gasteiger partial charge is 0.361 e. The van der Waals surface area contributed by atoms with Crippen molar-refractivity contribution in [2.24, 2.45) is 0 Å². The Morgan fingerprint density at radius 3 is 2.59 bits per heavy atom. The van der Waals surface area contributed by atoms with E-state index in [0.29, 0.717) is 5.92 Å². The third-order valence-electron chi connectivity index (χ3n) is 5.24. The number of likely N-dealkylation sites (tertiary alicyclic amines) is 1. The van der Waals surface area contributed by atoms with Gasteiger partial charge < -0.3 is 9.42 Å². The number of rotatable bonds is 3. The van der Waals surface area contributed by atoms with Crippen molar-refractivity contribution >= 4 is 17.2 Å². The molecule has 0 atom stereocenters. The molecule has 3 aromatic heterocycles. The number of amides is 1. The van der Waals surface area contributed by atoms with E-state index in [1.54, 1.807) is 5.51 Å². The van der Waals surface area contributed by atoms with E-state index in [2.05, 4.69) is 21.2 Å². The highest BCUT2D eigenvalue weighted by Gasteiger charge is 2.27. The summed E-state index contributed by atoms with van der Waals surface area (Å²) in [6.45, 7) is 7.27. The number of piperidine rings is 1. The lowest BCUT2D eigenvalue weighted by molar-refractivity contribution is 0.0716. The van der Waals surface area contributed by atoms with Crippen molar-refractivity contribution in [3.05, 3.63) is 51.6 Å². The van der Waals surface area contributed by atoms with E-state index >= 15 is 0 Å². The predicted octanol–water partition coefficient (Wildman–Crippen LogP) is 4.14. The van der Waals surface area contributed by atoms with Crippen molar-refractivity contribution in [3.8, 4) is 11.1 Å². The normalized spacial score (nSPS) is 15.3. The molecule has 0 bridgehead atoms. The molecule has 1 aliphatic rings. The molecule has 4 rings (SSSR count). The number of carbonyl (C=O) groups is 1.